The summed E-state index contributed by atoms with van der Waals surface area (Å²) in [6, 6.07) is 3.88. The summed E-state index contributed by atoms with van der Waals surface area (Å²) in [4.78, 5) is 24.8. The molecule has 0 aromatic carbocycles. The predicted molar refractivity (Wildman–Crippen MR) is 97.6 cm³/mol. The number of carbonyl (C=O) groups excluding carboxylic acids is 2. The van der Waals surface area contributed by atoms with Crippen LogP contribution in [-0.4, -0.2) is 22.3 Å². The number of carbonyl (C=O) groups is 2. The third kappa shape index (κ3) is 3.65. The van der Waals surface area contributed by atoms with Crippen LogP contribution < -0.4 is 5.32 Å². The quantitative estimate of drug-likeness (QED) is 0.828. The largest absolute Gasteiger partial charge is 0.463 e. The Balaban J connectivity index is 1.76. The van der Waals surface area contributed by atoms with Crippen molar-refractivity contribution in [1.82, 2.24) is 9.88 Å². The highest BCUT2D eigenvalue weighted by Crippen LogP contribution is 2.29. The minimum absolute atomic E-state index is 0.0242. The van der Waals surface area contributed by atoms with Crippen LogP contribution in [0.25, 0.3) is 11.1 Å². The van der Waals surface area contributed by atoms with Gasteiger partial charge < -0.3 is 14.3 Å². The number of furan rings is 1. The summed E-state index contributed by atoms with van der Waals surface area (Å²) in [5.41, 5.74) is 1.51. The van der Waals surface area contributed by atoms with Gasteiger partial charge in [-0.2, -0.15) is 0 Å². The van der Waals surface area contributed by atoms with Gasteiger partial charge in [-0.25, -0.2) is 0 Å². The monoisotopic (exact) mass is 344 g/mol. The van der Waals surface area contributed by atoms with E-state index in [1.807, 2.05) is 24.5 Å². The third-order valence-corrected chi connectivity index (χ3v) is 5.40. The Morgan fingerprint density at radius 1 is 1.28 bits per heavy atom. The van der Waals surface area contributed by atoms with Gasteiger partial charge in [-0.1, -0.05) is 6.92 Å². The number of hydrogen-bond donors (Lipinski definition) is 1. The third-order valence-electron chi connectivity index (χ3n) is 5.40. The van der Waals surface area contributed by atoms with E-state index in [4.69, 9.17) is 4.42 Å². The molecule has 2 aromatic heterocycles. The fourth-order valence-corrected chi connectivity index (χ4v) is 3.69. The summed E-state index contributed by atoms with van der Waals surface area (Å²) in [5.74, 6) is 0.782. The molecule has 136 valence electrons. The highest BCUT2D eigenvalue weighted by Gasteiger charge is 2.32. The molecule has 0 saturated heterocycles. The fourth-order valence-electron chi connectivity index (χ4n) is 3.69. The zero-order valence-electron chi connectivity index (χ0n) is 15.6. The molecule has 5 nitrogen and oxygen atoms in total. The van der Waals surface area contributed by atoms with Gasteiger partial charge in [-0.15, -0.1) is 0 Å². The van der Waals surface area contributed by atoms with Crippen LogP contribution in [0.5, 0.6) is 0 Å². The molecule has 5 heteroatoms. The molecule has 1 amide bonds. The smallest absolute Gasteiger partial charge is 0.227 e. The minimum atomic E-state index is -0.615. The molecule has 0 atom stereocenters. The first kappa shape index (κ1) is 17.8. The SMILES string of the molecule is CC(=O)c1cc2occc2n1CC(C)(C)C(=O)NC1CCC(C)CC1. The Morgan fingerprint density at radius 3 is 2.60 bits per heavy atom. The zero-order chi connectivity index (χ0) is 18.2. The van der Waals surface area contributed by atoms with Gasteiger partial charge in [0.2, 0.25) is 5.91 Å². The molecular weight excluding hydrogens is 316 g/mol. The second-order valence-electron chi connectivity index (χ2n) is 8.16. The summed E-state index contributed by atoms with van der Waals surface area (Å²) in [6.07, 6.45) is 6.07. The van der Waals surface area contributed by atoms with Crippen molar-refractivity contribution in [3.05, 3.63) is 24.1 Å². The van der Waals surface area contributed by atoms with E-state index in [1.165, 1.54) is 12.8 Å². The Kier molecular flexibility index (Phi) is 4.76. The van der Waals surface area contributed by atoms with E-state index in [-0.39, 0.29) is 17.7 Å². The second-order valence-corrected chi connectivity index (χ2v) is 8.16. The van der Waals surface area contributed by atoms with E-state index in [1.54, 1.807) is 19.3 Å². The normalized spacial score (nSPS) is 21.4. The Bertz CT molecular complexity index is 776. The number of hydrogen-bond acceptors (Lipinski definition) is 3. The number of amides is 1. The second kappa shape index (κ2) is 6.70. The molecule has 0 aliphatic heterocycles. The molecule has 0 radical (unpaired) electrons. The van der Waals surface area contributed by atoms with Crippen LogP contribution in [0.1, 0.15) is 63.9 Å². The fraction of sp³-hybridized carbons (Fsp3) is 0.600. The van der Waals surface area contributed by atoms with Crippen LogP contribution in [0.15, 0.2) is 22.8 Å². The average molecular weight is 344 g/mol. The van der Waals surface area contributed by atoms with Gasteiger partial charge >= 0.3 is 0 Å². The minimum Gasteiger partial charge on any atom is -0.463 e. The average Bonchev–Trinajstić information content (AvgIpc) is 3.12. The van der Waals surface area contributed by atoms with Crippen LogP contribution >= 0.6 is 0 Å². The summed E-state index contributed by atoms with van der Waals surface area (Å²) in [7, 11) is 0. The summed E-state index contributed by atoms with van der Waals surface area (Å²) in [5, 5.41) is 3.22. The van der Waals surface area contributed by atoms with Gasteiger partial charge in [0.05, 0.1) is 22.9 Å². The number of aromatic nitrogens is 1. The van der Waals surface area contributed by atoms with Gasteiger partial charge in [0.1, 0.15) is 0 Å². The van der Waals surface area contributed by atoms with Crippen LogP contribution in [0.4, 0.5) is 0 Å². The van der Waals surface area contributed by atoms with E-state index in [0.717, 1.165) is 24.3 Å². The summed E-state index contributed by atoms with van der Waals surface area (Å²) < 4.78 is 7.33. The van der Waals surface area contributed by atoms with Gasteiger partial charge in [0, 0.05) is 31.6 Å². The van der Waals surface area contributed by atoms with Crippen molar-refractivity contribution >= 4 is 22.8 Å². The van der Waals surface area contributed by atoms with Crippen molar-refractivity contribution in [3.8, 4) is 0 Å². The van der Waals surface area contributed by atoms with Gasteiger partial charge in [0.15, 0.2) is 11.4 Å². The molecule has 1 aliphatic carbocycles. The van der Waals surface area contributed by atoms with Crippen LogP contribution in [0.3, 0.4) is 0 Å². The molecule has 25 heavy (non-hydrogen) atoms. The molecule has 1 N–H and O–H groups in total. The maximum atomic E-state index is 12.9. The number of rotatable bonds is 5. The van der Waals surface area contributed by atoms with Crippen molar-refractivity contribution in [1.29, 1.82) is 0 Å². The topological polar surface area (TPSA) is 64.2 Å². The number of Topliss-reactive ketones (excluding diaryl/α,β-unsaturated/α-hetero) is 1. The zero-order valence-corrected chi connectivity index (χ0v) is 15.6. The van der Waals surface area contributed by atoms with Crippen molar-refractivity contribution < 1.29 is 14.0 Å². The molecule has 2 heterocycles. The first-order valence-corrected chi connectivity index (χ1v) is 9.16. The molecule has 3 rings (SSSR count). The lowest BCUT2D eigenvalue weighted by Gasteiger charge is -2.31. The molecule has 1 fully saturated rings. The summed E-state index contributed by atoms with van der Waals surface area (Å²) >= 11 is 0. The molecule has 2 aromatic rings. The maximum absolute atomic E-state index is 12.9. The lowest BCUT2D eigenvalue weighted by Crippen LogP contribution is -2.46. The summed E-state index contributed by atoms with van der Waals surface area (Å²) in [6.45, 7) is 8.13. The molecule has 0 bridgehead atoms. The van der Waals surface area contributed by atoms with Crippen LogP contribution in [0.2, 0.25) is 0 Å². The van der Waals surface area contributed by atoms with Crippen molar-refractivity contribution in [3.63, 3.8) is 0 Å². The Morgan fingerprint density at radius 2 is 1.96 bits per heavy atom. The van der Waals surface area contributed by atoms with Crippen LogP contribution in [-0.2, 0) is 11.3 Å². The molecule has 0 unspecified atom stereocenters. The van der Waals surface area contributed by atoms with E-state index in [0.29, 0.717) is 17.8 Å². The van der Waals surface area contributed by atoms with E-state index in [2.05, 4.69) is 12.2 Å². The van der Waals surface area contributed by atoms with Gasteiger partial charge in [-0.3, -0.25) is 9.59 Å². The molecule has 1 aliphatic rings. The first-order chi connectivity index (χ1) is 11.8. The number of fused-ring (bicyclic) bond motifs is 1. The Hall–Kier alpha value is -2.04. The first-order valence-electron chi connectivity index (χ1n) is 9.16. The van der Waals surface area contributed by atoms with E-state index < -0.39 is 5.41 Å². The lowest BCUT2D eigenvalue weighted by atomic mass is 9.86. The van der Waals surface area contributed by atoms with Crippen molar-refractivity contribution in [2.45, 2.75) is 66.0 Å². The predicted octanol–water partition coefficient (Wildman–Crippen LogP) is 4.16. The number of nitrogens with zero attached hydrogens (tertiary/aromatic N) is 1. The standard InChI is InChI=1S/C20H28N2O3/c1-13-5-7-15(8-6-13)21-19(24)20(3,4)12-22-16-9-10-25-18(16)11-17(22)14(2)23/h9-11,13,15H,5-8,12H2,1-4H3,(H,21,24). The van der Waals surface area contributed by atoms with Crippen molar-refractivity contribution in [2.75, 3.05) is 0 Å². The van der Waals surface area contributed by atoms with E-state index in [9.17, 15) is 9.59 Å². The van der Waals surface area contributed by atoms with E-state index >= 15 is 0 Å². The Labute approximate surface area is 148 Å². The number of ketones is 1. The molecule has 0 spiro atoms. The van der Waals surface area contributed by atoms with Crippen LogP contribution in [0, 0.1) is 11.3 Å². The van der Waals surface area contributed by atoms with Crippen molar-refractivity contribution in [2.24, 2.45) is 11.3 Å². The lowest BCUT2D eigenvalue weighted by molar-refractivity contribution is -0.131. The molecular formula is C20H28N2O3. The number of nitrogens with one attached hydrogen (secondary N) is 1. The van der Waals surface area contributed by atoms with Gasteiger partial charge in [-0.05, 0) is 45.4 Å². The molecule has 1 saturated carbocycles. The highest BCUT2D eigenvalue weighted by molar-refractivity contribution is 5.97. The van der Waals surface area contributed by atoms with Gasteiger partial charge in [0.25, 0.3) is 0 Å². The highest BCUT2D eigenvalue weighted by atomic mass is 16.3. The maximum Gasteiger partial charge on any atom is 0.227 e.